The van der Waals surface area contributed by atoms with Crippen molar-refractivity contribution in [2.45, 2.75) is 6.92 Å². The van der Waals surface area contributed by atoms with Gasteiger partial charge in [0.1, 0.15) is 6.26 Å². The first-order valence-corrected chi connectivity index (χ1v) is 4.10. The SMILES string of the molecule is CC(=O)C(=O)N(C)[S+](C)[O-]. The number of rotatable bonds is 2. The number of Topliss-reactive ketones (excluding diaryl/α,β-unsaturated/α-hetero) is 1. The second-order valence-electron chi connectivity index (χ2n) is 1.78. The van der Waals surface area contributed by atoms with Gasteiger partial charge in [0, 0.05) is 6.92 Å². The van der Waals surface area contributed by atoms with Crippen molar-refractivity contribution in [2.24, 2.45) is 0 Å². The Morgan fingerprint density at radius 3 is 2.00 bits per heavy atom. The number of amides is 1. The van der Waals surface area contributed by atoms with Gasteiger partial charge in [-0.15, -0.1) is 0 Å². The van der Waals surface area contributed by atoms with E-state index in [-0.39, 0.29) is 0 Å². The highest BCUT2D eigenvalue weighted by atomic mass is 32.2. The summed E-state index contributed by atoms with van der Waals surface area (Å²) >= 11 is -1.40. The average molecular weight is 163 g/mol. The Morgan fingerprint density at radius 1 is 1.50 bits per heavy atom. The Hall–Kier alpha value is -0.550. The lowest BCUT2D eigenvalue weighted by Crippen LogP contribution is -2.36. The Labute approximate surface area is 62.5 Å². The summed E-state index contributed by atoms with van der Waals surface area (Å²) in [5, 5.41) is 0. The van der Waals surface area contributed by atoms with Crippen LogP contribution >= 0.6 is 0 Å². The van der Waals surface area contributed by atoms with Crippen molar-refractivity contribution in [3.05, 3.63) is 0 Å². The third kappa shape index (κ3) is 2.36. The maximum Gasteiger partial charge on any atom is 0.330 e. The molecule has 0 N–H and O–H groups in total. The van der Waals surface area contributed by atoms with E-state index >= 15 is 0 Å². The van der Waals surface area contributed by atoms with Gasteiger partial charge >= 0.3 is 5.91 Å². The van der Waals surface area contributed by atoms with Crippen LogP contribution in [0.1, 0.15) is 6.92 Å². The number of hydrogen-bond donors (Lipinski definition) is 0. The van der Waals surface area contributed by atoms with E-state index in [0.717, 1.165) is 11.2 Å². The van der Waals surface area contributed by atoms with Gasteiger partial charge in [0.25, 0.3) is 0 Å². The maximum absolute atomic E-state index is 10.7. The maximum atomic E-state index is 10.7. The molecule has 0 spiro atoms. The van der Waals surface area contributed by atoms with Crippen LogP contribution in [0.4, 0.5) is 0 Å². The van der Waals surface area contributed by atoms with E-state index < -0.39 is 23.1 Å². The minimum atomic E-state index is -1.40. The smallest absolute Gasteiger partial charge is 0.330 e. The molecule has 0 bridgehead atoms. The number of nitrogens with zero attached hydrogens (tertiary/aromatic N) is 1. The van der Waals surface area contributed by atoms with Gasteiger partial charge in [-0.3, -0.25) is 9.59 Å². The summed E-state index contributed by atoms with van der Waals surface area (Å²) in [6, 6.07) is 0. The van der Waals surface area contributed by atoms with Gasteiger partial charge in [-0.05, 0) is 0 Å². The van der Waals surface area contributed by atoms with Crippen molar-refractivity contribution in [2.75, 3.05) is 13.3 Å². The zero-order valence-electron chi connectivity index (χ0n) is 6.08. The third-order valence-electron chi connectivity index (χ3n) is 0.973. The molecule has 0 aliphatic rings. The minimum absolute atomic E-state index is 0.599. The van der Waals surface area contributed by atoms with Crippen LogP contribution in [-0.4, -0.2) is 33.9 Å². The highest BCUT2D eigenvalue weighted by molar-refractivity contribution is 7.88. The Morgan fingerprint density at radius 2 is 1.90 bits per heavy atom. The molecule has 58 valence electrons. The van der Waals surface area contributed by atoms with E-state index in [1.165, 1.54) is 13.3 Å². The average Bonchev–Trinajstić information content (AvgIpc) is 1.84. The minimum Gasteiger partial charge on any atom is -0.593 e. The fourth-order valence-corrected chi connectivity index (χ4v) is 0.701. The molecule has 0 saturated carbocycles. The molecule has 0 radical (unpaired) electrons. The molecule has 0 heterocycles. The molecule has 10 heavy (non-hydrogen) atoms. The summed E-state index contributed by atoms with van der Waals surface area (Å²) in [4.78, 5) is 21.0. The summed E-state index contributed by atoms with van der Waals surface area (Å²) in [6.45, 7) is 1.14. The molecule has 5 heteroatoms. The summed E-state index contributed by atoms with van der Waals surface area (Å²) in [5.74, 6) is -1.32. The summed E-state index contributed by atoms with van der Waals surface area (Å²) in [6.07, 6.45) is 1.33. The zero-order chi connectivity index (χ0) is 8.31. The summed E-state index contributed by atoms with van der Waals surface area (Å²) in [7, 11) is 1.32. The molecule has 0 rings (SSSR count). The molecule has 0 aromatic heterocycles. The molecule has 1 amide bonds. The predicted octanol–water partition coefficient (Wildman–Crippen LogP) is -0.673. The van der Waals surface area contributed by atoms with Gasteiger partial charge < -0.3 is 4.55 Å². The lowest BCUT2D eigenvalue weighted by molar-refractivity contribution is -0.139. The number of carbonyl (C=O) groups excluding carboxylic acids is 2. The van der Waals surface area contributed by atoms with Gasteiger partial charge in [-0.1, -0.05) is 0 Å². The first kappa shape index (κ1) is 9.45. The van der Waals surface area contributed by atoms with Gasteiger partial charge in [-0.2, -0.15) is 4.31 Å². The Balaban J connectivity index is 4.08. The standard InChI is InChI=1S/C5H9NO3S/c1-4(7)5(8)6(2)10(3)9/h1-3H3. The quantitative estimate of drug-likeness (QED) is 0.400. The van der Waals surface area contributed by atoms with Crippen LogP contribution in [0.2, 0.25) is 0 Å². The van der Waals surface area contributed by atoms with Crippen molar-refractivity contribution in [3.8, 4) is 0 Å². The van der Waals surface area contributed by atoms with Gasteiger partial charge in [0.2, 0.25) is 5.78 Å². The highest BCUT2D eigenvalue weighted by Crippen LogP contribution is 1.93. The molecule has 1 atom stereocenters. The van der Waals surface area contributed by atoms with Crippen LogP contribution in [0.15, 0.2) is 0 Å². The van der Waals surface area contributed by atoms with Crippen LogP contribution < -0.4 is 0 Å². The molecule has 1 unspecified atom stereocenters. The number of likely N-dealkylation sites (N-methyl/N-ethyl adjacent to an activating group) is 1. The lowest BCUT2D eigenvalue weighted by atomic mass is 10.4. The Bertz CT molecular complexity index is 157. The van der Waals surface area contributed by atoms with Crippen LogP contribution in [0, 0.1) is 0 Å². The molecular weight excluding hydrogens is 154 g/mol. The van der Waals surface area contributed by atoms with E-state index in [9.17, 15) is 14.1 Å². The van der Waals surface area contributed by atoms with Crippen molar-refractivity contribution < 1.29 is 14.1 Å². The molecular formula is C5H9NO3S. The van der Waals surface area contributed by atoms with Crippen LogP contribution in [0.5, 0.6) is 0 Å². The Kier molecular flexibility index (Phi) is 3.38. The van der Waals surface area contributed by atoms with E-state index in [2.05, 4.69) is 0 Å². The summed E-state index contributed by atoms with van der Waals surface area (Å²) < 4.78 is 11.4. The molecule has 0 aliphatic carbocycles. The molecule has 0 fully saturated rings. The van der Waals surface area contributed by atoms with Gasteiger partial charge in [0.15, 0.2) is 0 Å². The van der Waals surface area contributed by atoms with Crippen molar-refractivity contribution >= 4 is 23.1 Å². The van der Waals surface area contributed by atoms with Crippen molar-refractivity contribution in [1.29, 1.82) is 0 Å². The largest absolute Gasteiger partial charge is 0.593 e. The fourth-order valence-electron chi connectivity index (χ4n) is 0.338. The zero-order valence-corrected chi connectivity index (χ0v) is 6.90. The fraction of sp³-hybridized carbons (Fsp3) is 0.600. The first-order chi connectivity index (χ1) is 4.46. The van der Waals surface area contributed by atoms with Crippen LogP contribution in [0.3, 0.4) is 0 Å². The first-order valence-electron chi connectivity index (χ1n) is 2.59. The van der Waals surface area contributed by atoms with Gasteiger partial charge in [0.05, 0.1) is 18.4 Å². The summed E-state index contributed by atoms with van der Waals surface area (Å²) in [5.41, 5.74) is 0. The molecule has 0 aliphatic heterocycles. The molecule has 0 saturated heterocycles. The topological polar surface area (TPSA) is 60.4 Å². The number of carbonyl (C=O) groups is 2. The van der Waals surface area contributed by atoms with E-state index in [0.29, 0.717) is 0 Å². The predicted molar refractivity (Wildman–Crippen MR) is 37.5 cm³/mol. The van der Waals surface area contributed by atoms with E-state index in [1.807, 2.05) is 0 Å². The molecule has 0 aromatic carbocycles. The lowest BCUT2D eigenvalue weighted by Gasteiger charge is -2.14. The van der Waals surface area contributed by atoms with Crippen molar-refractivity contribution in [1.82, 2.24) is 4.31 Å². The van der Waals surface area contributed by atoms with Crippen LogP contribution in [0.25, 0.3) is 0 Å². The normalized spacial score (nSPS) is 12.4. The number of hydrogen-bond acceptors (Lipinski definition) is 3. The number of ketones is 1. The molecule has 4 nitrogen and oxygen atoms in total. The monoisotopic (exact) mass is 163 g/mol. The second kappa shape index (κ2) is 3.58. The van der Waals surface area contributed by atoms with Crippen LogP contribution in [-0.2, 0) is 21.0 Å². The van der Waals surface area contributed by atoms with Gasteiger partial charge in [-0.25, -0.2) is 0 Å². The second-order valence-corrected chi connectivity index (χ2v) is 3.18. The molecule has 0 aromatic rings. The third-order valence-corrected chi connectivity index (χ3v) is 1.91. The van der Waals surface area contributed by atoms with E-state index in [4.69, 9.17) is 0 Å². The van der Waals surface area contributed by atoms with E-state index in [1.54, 1.807) is 0 Å². The highest BCUT2D eigenvalue weighted by Gasteiger charge is 2.20. The van der Waals surface area contributed by atoms with Crippen molar-refractivity contribution in [3.63, 3.8) is 0 Å².